The molecule has 0 saturated carbocycles. The molecule has 0 aliphatic carbocycles. The highest BCUT2D eigenvalue weighted by Crippen LogP contribution is 2.30. The Labute approximate surface area is 115 Å². The number of carbonyl (C=O) groups excluding carboxylic acids is 1. The van der Waals surface area contributed by atoms with Crippen molar-refractivity contribution in [1.29, 1.82) is 0 Å². The Hall–Kier alpha value is -1.40. The second kappa shape index (κ2) is 5.30. The van der Waals surface area contributed by atoms with E-state index in [4.69, 9.17) is 9.84 Å². The first-order valence-corrected chi connectivity index (χ1v) is 6.98. The fourth-order valence-electron chi connectivity index (χ4n) is 2.12. The molecule has 1 aliphatic rings. The zero-order chi connectivity index (χ0) is 14.0. The molecule has 0 spiro atoms. The molecule has 1 saturated heterocycles. The number of morpholine rings is 1. The molecule has 0 aromatic carbocycles. The first kappa shape index (κ1) is 14.0. The van der Waals surface area contributed by atoms with Crippen LogP contribution in [0.15, 0.2) is 17.5 Å². The molecule has 2 rings (SSSR count). The van der Waals surface area contributed by atoms with Crippen LogP contribution in [0.4, 0.5) is 0 Å². The van der Waals surface area contributed by atoms with Gasteiger partial charge < -0.3 is 14.7 Å². The number of nitrogens with zero attached hydrogens (tertiary/aromatic N) is 1. The van der Waals surface area contributed by atoms with Crippen molar-refractivity contribution in [3.63, 3.8) is 0 Å². The van der Waals surface area contributed by atoms with E-state index in [9.17, 15) is 9.59 Å². The molecule has 19 heavy (non-hydrogen) atoms. The molecule has 104 valence electrons. The van der Waals surface area contributed by atoms with E-state index in [0.29, 0.717) is 6.54 Å². The van der Waals surface area contributed by atoms with Crippen molar-refractivity contribution < 1.29 is 19.4 Å². The van der Waals surface area contributed by atoms with Gasteiger partial charge in [0.05, 0.1) is 18.6 Å². The van der Waals surface area contributed by atoms with E-state index in [1.807, 2.05) is 31.4 Å². The monoisotopic (exact) mass is 283 g/mol. The second-order valence-electron chi connectivity index (χ2n) is 5.05. The summed E-state index contributed by atoms with van der Waals surface area (Å²) in [4.78, 5) is 26.1. The number of carboxylic acids is 1. The Morgan fingerprint density at radius 1 is 1.53 bits per heavy atom. The molecule has 6 heteroatoms. The normalized spacial score (nSPS) is 20.3. The van der Waals surface area contributed by atoms with Crippen LogP contribution in [0, 0.1) is 0 Å². The van der Waals surface area contributed by atoms with E-state index in [2.05, 4.69) is 0 Å². The lowest BCUT2D eigenvalue weighted by Gasteiger charge is -2.36. The fourth-order valence-corrected chi connectivity index (χ4v) is 2.96. The Bertz CT molecular complexity index is 469. The predicted molar refractivity (Wildman–Crippen MR) is 71.3 cm³/mol. The van der Waals surface area contributed by atoms with Gasteiger partial charge in [-0.2, -0.15) is 0 Å². The topological polar surface area (TPSA) is 66.8 Å². The Balaban J connectivity index is 2.13. The average molecular weight is 283 g/mol. The maximum Gasteiger partial charge on any atom is 0.334 e. The SMILES string of the molecule is CC(C)(C(=O)N1CCO[C@@H](C(=O)O)C1)c1cccs1. The van der Waals surface area contributed by atoms with E-state index in [1.165, 1.54) is 11.3 Å². The minimum atomic E-state index is -1.02. The summed E-state index contributed by atoms with van der Waals surface area (Å²) in [6, 6.07) is 3.84. The minimum Gasteiger partial charge on any atom is -0.479 e. The molecule has 0 unspecified atom stereocenters. The maximum absolute atomic E-state index is 12.6. The molecule has 2 heterocycles. The van der Waals surface area contributed by atoms with Crippen LogP contribution in [-0.2, 0) is 19.7 Å². The summed E-state index contributed by atoms with van der Waals surface area (Å²) < 4.78 is 5.13. The van der Waals surface area contributed by atoms with Crippen LogP contribution in [0.3, 0.4) is 0 Å². The highest BCUT2D eigenvalue weighted by atomic mass is 32.1. The number of aliphatic carboxylic acids is 1. The van der Waals surface area contributed by atoms with Gasteiger partial charge >= 0.3 is 5.97 Å². The zero-order valence-corrected chi connectivity index (χ0v) is 11.8. The Kier molecular flexibility index (Phi) is 3.91. The van der Waals surface area contributed by atoms with Crippen molar-refractivity contribution in [3.05, 3.63) is 22.4 Å². The number of hydrogen-bond acceptors (Lipinski definition) is 4. The van der Waals surface area contributed by atoms with Gasteiger partial charge in [-0.3, -0.25) is 4.79 Å². The smallest absolute Gasteiger partial charge is 0.334 e. The molecular weight excluding hydrogens is 266 g/mol. The second-order valence-corrected chi connectivity index (χ2v) is 6.00. The van der Waals surface area contributed by atoms with Gasteiger partial charge in [-0.1, -0.05) is 6.07 Å². The van der Waals surface area contributed by atoms with Crippen LogP contribution in [0.1, 0.15) is 18.7 Å². The molecule has 1 aromatic heterocycles. The lowest BCUT2D eigenvalue weighted by molar-refractivity contribution is -0.160. The summed E-state index contributed by atoms with van der Waals surface area (Å²) in [5.41, 5.74) is -0.630. The van der Waals surface area contributed by atoms with Crippen LogP contribution in [0.5, 0.6) is 0 Å². The first-order valence-electron chi connectivity index (χ1n) is 6.10. The highest BCUT2D eigenvalue weighted by molar-refractivity contribution is 7.10. The number of rotatable bonds is 3. The van der Waals surface area contributed by atoms with Crippen molar-refractivity contribution in [2.45, 2.75) is 25.4 Å². The number of carboxylic acid groups (broad SMARTS) is 1. The zero-order valence-electron chi connectivity index (χ0n) is 11.0. The molecule has 0 bridgehead atoms. The summed E-state index contributed by atoms with van der Waals surface area (Å²) in [6.07, 6.45) is -0.920. The van der Waals surface area contributed by atoms with E-state index < -0.39 is 17.5 Å². The molecular formula is C13H17NO4S. The third-order valence-corrected chi connectivity index (χ3v) is 4.49. The van der Waals surface area contributed by atoms with Gasteiger partial charge in [0.15, 0.2) is 6.10 Å². The summed E-state index contributed by atoms with van der Waals surface area (Å²) >= 11 is 1.53. The van der Waals surface area contributed by atoms with Gasteiger partial charge in [0, 0.05) is 11.4 Å². The predicted octanol–water partition coefficient (Wildman–Crippen LogP) is 1.34. The summed E-state index contributed by atoms with van der Waals surface area (Å²) in [5.74, 6) is -1.07. The van der Waals surface area contributed by atoms with Gasteiger partial charge in [-0.25, -0.2) is 4.79 Å². The van der Waals surface area contributed by atoms with Crippen molar-refractivity contribution in [3.8, 4) is 0 Å². The standard InChI is InChI=1S/C13H17NO4S/c1-13(2,10-4-3-7-19-10)12(17)14-5-6-18-9(8-14)11(15)16/h3-4,7,9H,5-6,8H2,1-2H3,(H,15,16)/t9-/m1/s1. The van der Waals surface area contributed by atoms with Crippen LogP contribution >= 0.6 is 11.3 Å². The van der Waals surface area contributed by atoms with E-state index in [0.717, 1.165) is 4.88 Å². The molecule has 0 radical (unpaired) electrons. The highest BCUT2D eigenvalue weighted by Gasteiger charge is 2.38. The minimum absolute atomic E-state index is 0.0514. The van der Waals surface area contributed by atoms with Gasteiger partial charge in [-0.05, 0) is 25.3 Å². The van der Waals surface area contributed by atoms with Crippen LogP contribution in [0.2, 0.25) is 0 Å². The van der Waals surface area contributed by atoms with E-state index in [1.54, 1.807) is 4.90 Å². The molecule has 1 amide bonds. The molecule has 1 aromatic rings. The molecule has 1 N–H and O–H groups in total. The third kappa shape index (κ3) is 2.79. The van der Waals surface area contributed by atoms with Gasteiger partial charge in [-0.15, -0.1) is 11.3 Å². The van der Waals surface area contributed by atoms with Gasteiger partial charge in [0.1, 0.15) is 0 Å². The number of ether oxygens (including phenoxy) is 1. The summed E-state index contributed by atoms with van der Waals surface area (Å²) in [6.45, 7) is 4.56. The maximum atomic E-state index is 12.6. The quantitative estimate of drug-likeness (QED) is 0.909. The molecule has 1 aliphatic heterocycles. The van der Waals surface area contributed by atoms with E-state index >= 15 is 0 Å². The van der Waals surface area contributed by atoms with Crippen molar-refractivity contribution >= 4 is 23.2 Å². The third-order valence-electron chi connectivity index (χ3n) is 3.30. The largest absolute Gasteiger partial charge is 0.479 e. The van der Waals surface area contributed by atoms with Crippen molar-refractivity contribution in [2.24, 2.45) is 0 Å². The summed E-state index contributed by atoms with van der Waals surface area (Å²) in [7, 11) is 0. The van der Waals surface area contributed by atoms with Gasteiger partial charge in [0.2, 0.25) is 5.91 Å². The Morgan fingerprint density at radius 3 is 2.84 bits per heavy atom. The number of thiophene rings is 1. The number of amides is 1. The molecule has 5 nitrogen and oxygen atoms in total. The number of hydrogen-bond donors (Lipinski definition) is 1. The molecule has 1 fully saturated rings. The number of carbonyl (C=O) groups is 2. The van der Waals surface area contributed by atoms with E-state index in [-0.39, 0.29) is 19.1 Å². The van der Waals surface area contributed by atoms with Crippen LogP contribution < -0.4 is 0 Å². The summed E-state index contributed by atoms with van der Waals surface area (Å²) in [5, 5.41) is 10.9. The fraction of sp³-hybridized carbons (Fsp3) is 0.538. The lowest BCUT2D eigenvalue weighted by Crippen LogP contribution is -2.53. The average Bonchev–Trinajstić information content (AvgIpc) is 2.92. The van der Waals surface area contributed by atoms with Gasteiger partial charge in [0.25, 0.3) is 0 Å². The Morgan fingerprint density at radius 2 is 2.26 bits per heavy atom. The van der Waals surface area contributed by atoms with Crippen molar-refractivity contribution in [1.82, 2.24) is 4.90 Å². The first-order chi connectivity index (χ1) is 8.93. The lowest BCUT2D eigenvalue weighted by atomic mass is 9.89. The van der Waals surface area contributed by atoms with Crippen LogP contribution in [-0.4, -0.2) is 47.7 Å². The van der Waals surface area contributed by atoms with Crippen molar-refractivity contribution in [2.75, 3.05) is 19.7 Å². The molecule has 1 atom stereocenters. The van der Waals surface area contributed by atoms with Crippen LogP contribution in [0.25, 0.3) is 0 Å².